The van der Waals surface area contributed by atoms with Gasteiger partial charge >= 0.3 is 0 Å². The number of halogens is 1. The van der Waals surface area contributed by atoms with Crippen molar-refractivity contribution in [2.45, 2.75) is 97.2 Å². The van der Waals surface area contributed by atoms with Gasteiger partial charge in [-0.25, -0.2) is 0 Å². The van der Waals surface area contributed by atoms with Crippen LogP contribution < -0.4 is 0 Å². The van der Waals surface area contributed by atoms with Crippen LogP contribution >= 0.6 is 11.6 Å². The van der Waals surface area contributed by atoms with Crippen LogP contribution in [-0.4, -0.2) is 25.4 Å². The quantitative estimate of drug-likeness (QED) is 0.117. The molecule has 0 aliphatic heterocycles. The van der Waals surface area contributed by atoms with Crippen molar-refractivity contribution >= 4 is 11.6 Å². The van der Waals surface area contributed by atoms with Gasteiger partial charge in [-0.1, -0.05) is 58.1 Å². The van der Waals surface area contributed by atoms with Crippen molar-refractivity contribution in [2.75, 3.05) is 19.1 Å². The lowest BCUT2D eigenvalue weighted by Gasteiger charge is -2.18. The molecule has 0 aromatic carbocycles. The third-order valence-corrected chi connectivity index (χ3v) is 3.99. The lowest BCUT2D eigenvalue weighted by molar-refractivity contribution is -0.146. The van der Waals surface area contributed by atoms with E-state index >= 15 is 0 Å². The molecule has 0 aromatic rings. The molecule has 0 rings (SSSR count). The molecule has 138 valence electrons. The maximum Gasteiger partial charge on any atom is 0.157 e. The van der Waals surface area contributed by atoms with Gasteiger partial charge in [0.1, 0.15) is 0 Å². The topological polar surface area (TPSA) is 18.5 Å². The summed E-state index contributed by atoms with van der Waals surface area (Å²) < 4.78 is 11.5. The van der Waals surface area contributed by atoms with Crippen LogP contribution in [0.1, 0.15) is 90.9 Å². The molecule has 0 amide bonds. The second-order valence-electron chi connectivity index (χ2n) is 6.17. The van der Waals surface area contributed by atoms with E-state index in [-0.39, 0.29) is 6.29 Å². The third kappa shape index (κ3) is 18.1. The Labute approximate surface area is 150 Å². The Morgan fingerprint density at radius 3 is 1.83 bits per heavy atom. The van der Waals surface area contributed by atoms with Gasteiger partial charge in [0.05, 0.1) is 0 Å². The fourth-order valence-electron chi connectivity index (χ4n) is 2.47. The largest absolute Gasteiger partial charge is 0.353 e. The average molecular weight is 347 g/mol. The molecule has 0 unspecified atom stereocenters. The van der Waals surface area contributed by atoms with Crippen LogP contribution in [0.3, 0.4) is 0 Å². The molecule has 0 saturated heterocycles. The van der Waals surface area contributed by atoms with E-state index in [0.29, 0.717) is 0 Å². The van der Waals surface area contributed by atoms with E-state index in [9.17, 15) is 0 Å². The van der Waals surface area contributed by atoms with E-state index in [1.54, 1.807) is 0 Å². The van der Waals surface area contributed by atoms with Crippen LogP contribution in [-0.2, 0) is 9.47 Å². The number of hydrogen-bond acceptors (Lipinski definition) is 2. The molecular formula is C20H39ClO2. The molecule has 0 aliphatic carbocycles. The molecule has 0 aromatic heterocycles. The van der Waals surface area contributed by atoms with Crippen molar-refractivity contribution in [3.63, 3.8) is 0 Å². The number of unbranched alkanes of at least 4 members (excludes halogenated alkanes) is 7. The minimum Gasteiger partial charge on any atom is -0.353 e. The third-order valence-electron chi connectivity index (χ3n) is 3.77. The summed E-state index contributed by atoms with van der Waals surface area (Å²) in [4.78, 5) is 0. The van der Waals surface area contributed by atoms with E-state index in [2.05, 4.69) is 26.0 Å². The number of rotatable bonds is 18. The molecule has 0 bridgehead atoms. The van der Waals surface area contributed by atoms with E-state index in [4.69, 9.17) is 21.1 Å². The van der Waals surface area contributed by atoms with E-state index in [0.717, 1.165) is 44.8 Å². The average Bonchev–Trinajstić information content (AvgIpc) is 2.57. The summed E-state index contributed by atoms with van der Waals surface area (Å²) in [6.45, 7) is 5.91. The van der Waals surface area contributed by atoms with Crippen LogP contribution in [0.2, 0.25) is 0 Å². The van der Waals surface area contributed by atoms with Crippen molar-refractivity contribution in [3.05, 3.63) is 12.2 Å². The Morgan fingerprint density at radius 1 is 0.739 bits per heavy atom. The molecular weight excluding hydrogens is 308 g/mol. The van der Waals surface area contributed by atoms with Gasteiger partial charge in [0.25, 0.3) is 0 Å². The summed E-state index contributed by atoms with van der Waals surface area (Å²) in [5.74, 6) is 0.740. The highest BCUT2D eigenvalue weighted by Gasteiger charge is 2.08. The first-order valence-corrected chi connectivity index (χ1v) is 10.3. The molecule has 2 nitrogen and oxygen atoms in total. The first kappa shape index (κ1) is 22.9. The molecule has 3 heteroatoms. The molecule has 0 atom stereocenters. The Hall–Kier alpha value is -0.0500. The summed E-state index contributed by atoms with van der Waals surface area (Å²) in [6, 6.07) is 0. The monoisotopic (exact) mass is 346 g/mol. The zero-order valence-corrected chi connectivity index (χ0v) is 16.3. The van der Waals surface area contributed by atoms with Crippen molar-refractivity contribution in [1.29, 1.82) is 0 Å². The minimum atomic E-state index is 0.0228. The smallest absolute Gasteiger partial charge is 0.157 e. The highest BCUT2D eigenvalue weighted by molar-refractivity contribution is 6.17. The Balaban J connectivity index is 3.37. The Kier molecular flexibility index (Phi) is 20.0. The van der Waals surface area contributed by atoms with Gasteiger partial charge in [0.15, 0.2) is 6.29 Å². The first-order valence-electron chi connectivity index (χ1n) is 9.79. The number of alkyl halides is 1. The second-order valence-corrected chi connectivity index (χ2v) is 6.55. The van der Waals surface area contributed by atoms with Crippen LogP contribution in [0.5, 0.6) is 0 Å². The zero-order chi connectivity index (χ0) is 17.0. The molecule has 0 radical (unpaired) electrons. The first-order chi connectivity index (χ1) is 11.3. The summed E-state index contributed by atoms with van der Waals surface area (Å²) >= 11 is 5.63. The van der Waals surface area contributed by atoms with Crippen molar-refractivity contribution in [2.24, 2.45) is 0 Å². The van der Waals surface area contributed by atoms with E-state index in [1.807, 2.05) is 0 Å². The zero-order valence-electron chi connectivity index (χ0n) is 15.5. The molecule has 0 heterocycles. The molecule has 0 N–H and O–H groups in total. The predicted octanol–water partition coefficient (Wildman–Crippen LogP) is 6.86. The normalized spacial score (nSPS) is 11.8. The standard InChI is InChI=1S/C20H39ClO2/c1-3-18-22-20(23-19-4-2)16-14-12-10-8-6-5-7-9-11-13-15-17-21/h11,13,20H,3-10,12,14-19H2,1-2H3/b13-11+. The SMILES string of the molecule is CCCOC(CCCCCCCCC/C=C/CCCl)OCCC. The molecule has 0 saturated carbocycles. The van der Waals surface area contributed by atoms with E-state index < -0.39 is 0 Å². The molecule has 23 heavy (non-hydrogen) atoms. The van der Waals surface area contributed by atoms with Crippen LogP contribution in [0.15, 0.2) is 12.2 Å². The van der Waals surface area contributed by atoms with Crippen LogP contribution in [0, 0.1) is 0 Å². The minimum absolute atomic E-state index is 0.0228. The number of allylic oxidation sites excluding steroid dienone is 2. The summed E-state index contributed by atoms with van der Waals surface area (Å²) in [5.41, 5.74) is 0. The lowest BCUT2D eigenvalue weighted by Crippen LogP contribution is -2.18. The molecule has 0 aliphatic rings. The predicted molar refractivity (Wildman–Crippen MR) is 102 cm³/mol. The summed E-state index contributed by atoms with van der Waals surface area (Å²) in [6.07, 6.45) is 19.2. The summed E-state index contributed by atoms with van der Waals surface area (Å²) in [5, 5.41) is 0. The van der Waals surface area contributed by atoms with Gasteiger partial charge in [-0.15, -0.1) is 11.6 Å². The van der Waals surface area contributed by atoms with Crippen molar-refractivity contribution in [1.82, 2.24) is 0 Å². The maximum atomic E-state index is 5.76. The van der Waals surface area contributed by atoms with Gasteiger partial charge in [-0.05, 0) is 44.9 Å². The van der Waals surface area contributed by atoms with Crippen LogP contribution in [0.4, 0.5) is 0 Å². The fourth-order valence-corrected chi connectivity index (χ4v) is 2.60. The highest BCUT2D eigenvalue weighted by Crippen LogP contribution is 2.13. The molecule has 0 fully saturated rings. The Bertz CT molecular complexity index is 236. The fraction of sp³-hybridized carbons (Fsp3) is 0.900. The number of ether oxygens (including phenoxy) is 2. The van der Waals surface area contributed by atoms with Gasteiger partial charge in [-0.3, -0.25) is 0 Å². The van der Waals surface area contributed by atoms with Crippen molar-refractivity contribution < 1.29 is 9.47 Å². The summed E-state index contributed by atoms with van der Waals surface area (Å²) in [7, 11) is 0. The van der Waals surface area contributed by atoms with Gasteiger partial charge < -0.3 is 9.47 Å². The van der Waals surface area contributed by atoms with Gasteiger partial charge in [0, 0.05) is 19.1 Å². The maximum absolute atomic E-state index is 5.76. The van der Waals surface area contributed by atoms with Crippen molar-refractivity contribution in [3.8, 4) is 0 Å². The van der Waals surface area contributed by atoms with Crippen LogP contribution in [0.25, 0.3) is 0 Å². The van der Waals surface area contributed by atoms with Gasteiger partial charge in [0.2, 0.25) is 0 Å². The highest BCUT2D eigenvalue weighted by atomic mass is 35.5. The van der Waals surface area contributed by atoms with Gasteiger partial charge in [-0.2, -0.15) is 0 Å². The Morgan fingerprint density at radius 2 is 1.26 bits per heavy atom. The second kappa shape index (κ2) is 20.0. The number of hydrogen-bond donors (Lipinski definition) is 0. The van der Waals surface area contributed by atoms with E-state index in [1.165, 1.54) is 51.4 Å². The lowest BCUT2D eigenvalue weighted by atomic mass is 10.1. The molecule has 0 spiro atoms.